The van der Waals surface area contributed by atoms with Gasteiger partial charge >= 0.3 is 0 Å². The van der Waals surface area contributed by atoms with Crippen LogP contribution in [0.1, 0.15) is 34.1 Å². The normalized spacial score (nSPS) is 19.5. The summed E-state index contributed by atoms with van der Waals surface area (Å²) in [7, 11) is 0. The highest BCUT2D eigenvalue weighted by atomic mass is 19.1. The Hall–Kier alpha value is -1.91. The lowest BCUT2D eigenvalue weighted by Crippen LogP contribution is -2.58. The number of rotatable bonds is 2. The van der Waals surface area contributed by atoms with Crippen molar-refractivity contribution in [2.75, 3.05) is 18.0 Å². The molecule has 1 unspecified atom stereocenters. The topological polar surface area (TPSA) is 40.6 Å². The minimum Gasteiger partial charge on any atom is -0.329 e. The Bertz CT molecular complexity index is 563. The Kier molecular flexibility index (Phi) is 4.54. The van der Waals surface area contributed by atoms with Crippen LogP contribution >= 0.6 is 0 Å². The van der Waals surface area contributed by atoms with E-state index >= 15 is 0 Å². The molecule has 0 radical (unpaired) electrons. The van der Waals surface area contributed by atoms with E-state index < -0.39 is 6.04 Å². The lowest BCUT2D eigenvalue weighted by Gasteiger charge is -2.40. The summed E-state index contributed by atoms with van der Waals surface area (Å²) in [6.45, 7) is 8.70. The van der Waals surface area contributed by atoms with Gasteiger partial charge in [-0.2, -0.15) is 0 Å². The van der Waals surface area contributed by atoms with Gasteiger partial charge in [-0.3, -0.25) is 9.59 Å². The quantitative estimate of drug-likeness (QED) is 0.843. The van der Waals surface area contributed by atoms with E-state index in [1.807, 2.05) is 20.8 Å². The van der Waals surface area contributed by atoms with Crippen molar-refractivity contribution in [1.29, 1.82) is 0 Å². The molecule has 0 bridgehead atoms. The summed E-state index contributed by atoms with van der Waals surface area (Å²) >= 11 is 0. The van der Waals surface area contributed by atoms with E-state index in [9.17, 15) is 14.0 Å². The zero-order valence-electron chi connectivity index (χ0n) is 13.6. The summed E-state index contributed by atoms with van der Waals surface area (Å²) in [4.78, 5) is 28.2. The van der Waals surface area contributed by atoms with Gasteiger partial charge in [0.15, 0.2) is 0 Å². The fraction of sp³-hybridized carbons (Fsp3) is 0.529. The SMILES string of the molecule is CC1C(=O)N(c2ccc(F)cc2)CCN1C(=O)CC(C)(C)C. The molecule has 1 aliphatic rings. The van der Waals surface area contributed by atoms with E-state index in [2.05, 4.69) is 0 Å². The number of carbonyl (C=O) groups excluding carboxylic acids is 2. The molecule has 0 aromatic heterocycles. The summed E-state index contributed by atoms with van der Waals surface area (Å²) < 4.78 is 13.0. The van der Waals surface area contributed by atoms with E-state index in [1.54, 1.807) is 28.9 Å². The Labute approximate surface area is 130 Å². The van der Waals surface area contributed by atoms with Gasteiger partial charge in [0, 0.05) is 25.2 Å². The Balaban J connectivity index is 2.11. The number of benzene rings is 1. The molecule has 22 heavy (non-hydrogen) atoms. The molecule has 1 fully saturated rings. The minimum atomic E-state index is -0.492. The van der Waals surface area contributed by atoms with Gasteiger partial charge in [-0.15, -0.1) is 0 Å². The molecule has 0 spiro atoms. The number of amides is 2. The van der Waals surface area contributed by atoms with E-state index in [0.29, 0.717) is 25.2 Å². The number of anilines is 1. The molecular formula is C17H23FN2O2. The second-order valence-corrected chi connectivity index (χ2v) is 6.97. The number of hydrogen-bond acceptors (Lipinski definition) is 2. The molecule has 5 heteroatoms. The monoisotopic (exact) mass is 306 g/mol. The van der Waals surface area contributed by atoms with Gasteiger partial charge in [-0.1, -0.05) is 20.8 Å². The van der Waals surface area contributed by atoms with Crippen molar-refractivity contribution in [3.05, 3.63) is 30.1 Å². The van der Waals surface area contributed by atoms with Crippen molar-refractivity contribution in [2.45, 2.75) is 40.2 Å². The van der Waals surface area contributed by atoms with Crippen LogP contribution in [0.15, 0.2) is 24.3 Å². The first-order valence-electron chi connectivity index (χ1n) is 7.55. The smallest absolute Gasteiger partial charge is 0.249 e. The van der Waals surface area contributed by atoms with Gasteiger partial charge in [-0.25, -0.2) is 4.39 Å². The molecule has 1 atom stereocenters. The molecule has 1 aliphatic heterocycles. The summed E-state index contributed by atoms with van der Waals surface area (Å²) in [5.74, 6) is -0.449. The van der Waals surface area contributed by atoms with Gasteiger partial charge in [0.05, 0.1) is 0 Å². The Morgan fingerprint density at radius 2 is 1.82 bits per heavy atom. The Morgan fingerprint density at radius 1 is 1.23 bits per heavy atom. The maximum atomic E-state index is 13.0. The van der Waals surface area contributed by atoms with Crippen molar-refractivity contribution in [1.82, 2.24) is 4.90 Å². The van der Waals surface area contributed by atoms with Crippen LogP contribution in [0.5, 0.6) is 0 Å². The van der Waals surface area contributed by atoms with Crippen LogP contribution < -0.4 is 4.90 Å². The second-order valence-electron chi connectivity index (χ2n) is 6.97. The average molecular weight is 306 g/mol. The predicted octanol–water partition coefficient (Wildman–Crippen LogP) is 2.83. The minimum absolute atomic E-state index is 0.00658. The number of halogens is 1. The summed E-state index contributed by atoms with van der Waals surface area (Å²) in [6, 6.07) is 5.36. The number of nitrogens with zero attached hydrogens (tertiary/aromatic N) is 2. The molecular weight excluding hydrogens is 283 g/mol. The first-order valence-corrected chi connectivity index (χ1v) is 7.55. The van der Waals surface area contributed by atoms with Crippen LogP contribution in [0.2, 0.25) is 0 Å². The molecule has 1 saturated heterocycles. The number of carbonyl (C=O) groups is 2. The van der Waals surface area contributed by atoms with Gasteiger partial charge in [0.1, 0.15) is 11.9 Å². The van der Waals surface area contributed by atoms with Crippen LogP contribution in [0.3, 0.4) is 0 Å². The van der Waals surface area contributed by atoms with E-state index in [-0.39, 0.29) is 23.0 Å². The molecule has 1 aromatic carbocycles. The molecule has 120 valence electrons. The van der Waals surface area contributed by atoms with Crippen LogP contribution in [0.25, 0.3) is 0 Å². The highest BCUT2D eigenvalue weighted by Gasteiger charge is 2.35. The molecule has 0 aliphatic carbocycles. The molecule has 1 heterocycles. The predicted molar refractivity (Wildman–Crippen MR) is 84.0 cm³/mol. The van der Waals surface area contributed by atoms with Gasteiger partial charge in [-0.05, 0) is 36.6 Å². The lowest BCUT2D eigenvalue weighted by molar-refractivity contribution is -0.142. The second kappa shape index (κ2) is 6.07. The lowest BCUT2D eigenvalue weighted by atomic mass is 9.91. The number of piperazine rings is 1. The van der Waals surface area contributed by atoms with Crippen LogP contribution in [-0.4, -0.2) is 35.8 Å². The van der Waals surface area contributed by atoms with E-state index in [0.717, 1.165) is 0 Å². The van der Waals surface area contributed by atoms with E-state index in [1.165, 1.54) is 12.1 Å². The third kappa shape index (κ3) is 3.64. The highest BCUT2D eigenvalue weighted by molar-refractivity contribution is 6.00. The standard InChI is InChI=1S/C17H23FN2O2/c1-12-16(22)20(14-7-5-13(18)6-8-14)10-9-19(12)15(21)11-17(2,3)4/h5-8,12H,9-11H2,1-4H3. The van der Waals surface area contributed by atoms with Crippen LogP contribution in [-0.2, 0) is 9.59 Å². The van der Waals surface area contributed by atoms with Crippen LogP contribution in [0.4, 0.5) is 10.1 Å². The third-order valence-corrected chi connectivity index (χ3v) is 3.80. The third-order valence-electron chi connectivity index (χ3n) is 3.80. The maximum Gasteiger partial charge on any atom is 0.249 e. The fourth-order valence-corrected chi connectivity index (χ4v) is 2.64. The zero-order chi connectivity index (χ0) is 16.5. The zero-order valence-corrected chi connectivity index (χ0v) is 13.6. The molecule has 4 nitrogen and oxygen atoms in total. The molecule has 2 rings (SSSR count). The van der Waals surface area contributed by atoms with Gasteiger partial charge in [0.2, 0.25) is 11.8 Å². The van der Waals surface area contributed by atoms with Crippen molar-refractivity contribution in [3.8, 4) is 0 Å². The largest absolute Gasteiger partial charge is 0.329 e. The fourth-order valence-electron chi connectivity index (χ4n) is 2.64. The highest BCUT2D eigenvalue weighted by Crippen LogP contribution is 2.24. The van der Waals surface area contributed by atoms with Gasteiger partial charge in [0.25, 0.3) is 0 Å². The summed E-state index contributed by atoms with van der Waals surface area (Å²) in [5, 5.41) is 0. The summed E-state index contributed by atoms with van der Waals surface area (Å²) in [6.07, 6.45) is 0.418. The van der Waals surface area contributed by atoms with E-state index in [4.69, 9.17) is 0 Å². The van der Waals surface area contributed by atoms with Crippen molar-refractivity contribution < 1.29 is 14.0 Å². The van der Waals surface area contributed by atoms with Crippen molar-refractivity contribution in [2.24, 2.45) is 5.41 Å². The first kappa shape index (κ1) is 16.5. The maximum absolute atomic E-state index is 13.0. The molecule has 1 aromatic rings. The van der Waals surface area contributed by atoms with Gasteiger partial charge < -0.3 is 9.80 Å². The Morgan fingerprint density at radius 3 is 2.36 bits per heavy atom. The average Bonchev–Trinajstić information content (AvgIpc) is 2.41. The summed E-state index contributed by atoms with van der Waals surface area (Å²) in [5.41, 5.74) is 0.565. The first-order chi connectivity index (χ1) is 10.2. The molecule has 2 amide bonds. The molecule has 0 N–H and O–H groups in total. The van der Waals surface area contributed by atoms with Crippen LogP contribution in [0, 0.1) is 11.2 Å². The number of hydrogen-bond donors (Lipinski definition) is 0. The van der Waals surface area contributed by atoms with Crippen molar-refractivity contribution in [3.63, 3.8) is 0 Å². The molecule has 0 saturated carbocycles. The van der Waals surface area contributed by atoms with Crippen molar-refractivity contribution >= 4 is 17.5 Å².